The first-order valence-electron chi connectivity index (χ1n) is 16.8. The normalized spacial score (nSPS) is 13.4. The van der Waals surface area contributed by atoms with Gasteiger partial charge in [-0.25, -0.2) is 18.0 Å². The van der Waals surface area contributed by atoms with Crippen molar-refractivity contribution < 1.29 is 46.3 Å². The Bertz CT molecular complexity index is 2360. The van der Waals surface area contributed by atoms with E-state index in [9.17, 15) is 32.1 Å². The maximum absolute atomic E-state index is 14.3. The van der Waals surface area contributed by atoms with Crippen LogP contribution in [0, 0.1) is 20.8 Å². The molecule has 1 aromatic heterocycles. The molecular formula is C40H36N2O9S. The van der Waals surface area contributed by atoms with Crippen LogP contribution in [-0.2, 0) is 31.1 Å². The standard InChI is InChI=1S/C40H36N2O9S/c1-25-10-12-28(13-11-25)14-15-29-16-17-32-34(24-29)41(20-6-7-21-52(47,48)49)33-9-5-4-8-31(33)37(32)40(46)50-38-26(2)22-30(23-27(38)3)39(45)51-42-35(43)18-19-36(42)44/h4-5,8-17,22-24H,6-7,18-21H2,1-3H3/b15-14+. The molecule has 1 fully saturated rings. The highest BCUT2D eigenvalue weighted by Gasteiger charge is 2.33. The number of hydrogen-bond donors (Lipinski definition) is 0. The molecular weight excluding hydrogens is 685 g/mol. The van der Waals surface area contributed by atoms with Gasteiger partial charge in [0.05, 0.1) is 32.0 Å². The lowest BCUT2D eigenvalue weighted by atomic mass is 9.99. The van der Waals surface area contributed by atoms with E-state index in [1.807, 2.05) is 90.4 Å². The van der Waals surface area contributed by atoms with Crippen molar-refractivity contribution in [3.05, 3.63) is 118 Å². The number of hydrogen-bond acceptors (Lipinski definition) is 9. The highest BCUT2D eigenvalue weighted by molar-refractivity contribution is 7.85. The van der Waals surface area contributed by atoms with Crippen molar-refractivity contribution in [3.63, 3.8) is 0 Å². The molecule has 5 aromatic rings. The van der Waals surface area contributed by atoms with Gasteiger partial charge in [-0.3, -0.25) is 9.59 Å². The summed E-state index contributed by atoms with van der Waals surface area (Å²) < 4.78 is 42.0. The number of fused-ring (bicyclic) bond motifs is 2. The largest absolute Gasteiger partial charge is 0.748 e. The third-order valence-corrected chi connectivity index (χ3v) is 9.68. The minimum atomic E-state index is -4.36. The van der Waals surface area contributed by atoms with Crippen molar-refractivity contribution in [1.82, 2.24) is 5.06 Å². The predicted molar refractivity (Wildman–Crippen MR) is 193 cm³/mol. The molecule has 0 N–H and O–H groups in total. The lowest BCUT2D eigenvalue weighted by Gasteiger charge is -2.16. The molecule has 1 aliphatic rings. The molecule has 2 heterocycles. The van der Waals surface area contributed by atoms with Gasteiger partial charge in [-0.15, -0.1) is 5.06 Å². The summed E-state index contributed by atoms with van der Waals surface area (Å²) in [5.41, 5.74) is 5.75. The van der Waals surface area contributed by atoms with Gasteiger partial charge in [-0.2, -0.15) is 4.57 Å². The van der Waals surface area contributed by atoms with Crippen molar-refractivity contribution in [2.45, 2.75) is 53.0 Å². The van der Waals surface area contributed by atoms with Gasteiger partial charge in [0.25, 0.3) is 11.8 Å². The average molecular weight is 721 g/mol. The van der Waals surface area contributed by atoms with E-state index in [1.54, 1.807) is 13.8 Å². The number of hydroxylamine groups is 2. The Morgan fingerprint density at radius 1 is 0.788 bits per heavy atom. The lowest BCUT2D eigenvalue weighted by molar-refractivity contribution is -0.645. The Kier molecular flexibility index (Phi) is 10.3. The van der Waals surface area contributed by atoms with Gasteiger partial charge >= 0.3 is 11.9 Å². The number of para-hydroxylation sites is 1. The second-order valence-electron chi connectivity index (χ2n) is 12.8. The molecule has 52 heavy (non-hydrogen) atoms. The number of benzene rings is 4. The Hall–Kier alpha value is -5.72. The summed E-state index contributed by atoms with van der Waals surface area (Å²) >= 11 is 0. The maximum Gasteiger partial charge on any atom is 0.363 e. The van der Waals surface area contributed by atoms with E-state index in [0.717, 1.165) is 16.7 Å². The van der Waals surface area contributed by atoms with Gasteiger partial charge in [-0.05, 0) is 73.7 Å². The van der Waals surface area contributed by atoms with E-state index in [0.29, 0.717) is 56.5 Å². The lowest BCUT2D eigenvalue weighted by Crippen LogP contribution is -2.37. The summed E-state index contributed by atoms with van der Waals surface area (Å²) in [6, 6.07) is 24.1. The Labute approximate surface area is 300 Å². The summed E-state index contributed by atoms with van der Waals surface area (Å²) in [5, 5.41) is 1.69. The van der Waals surface area contributed by atoms with Crippen molar-refractivity contribution in [2.24, 2.45) is 0 Å². The first-order valence-corrected chi connectivity index (χ1v) is 18.3. The molecule has 266 valence electrons. The number of amides is 2. The van der Waals surface area contributed by atoms with E-state index in [2.05, 4.69) is 0 Å². The van der Waals surface area contributed by atoms with Crippen molar-refractivity contribution >= 4 is 67.8 Å². The number of unbranched alkanes of at least 4 members (excludes halogenated alkanes) is 1. The van der Waals surface area contributed by atoms with Crippen LogP contribution in [0.5, 0.6) is 5.75 Å². The van der Waals surface area contributed by atoms with E-state index < -0.39 is 39.6 Å². The van der Waals surface area contributed by atoms with Gasteiger partial charge < -0.3 is 14.1 Å². The molecule has 11 nitrogen and oxygen atoms in total. The first-order chi connectivity index (χ1) is 24.8. The van der Waals surface area contributed by atoms with Gasteiger partial charge in [0.1, 0.15) is 12.3 Å². The fourth-order valence-electron chi connectivity index (χ4n) is 6.33. The van der Waals surface area contributed by atoms with E-state index in [-0.39, 0.29) is 30.6 Å². The number of imide groups is 1. The molecule has 12 heteroatoms. The summed E-state index contributed by atoms with van der Waals surface area (Å²) in [7, 11) is -4.36. The van der Waals surface area contributed by atoms with Gasteiger partial charge in [0, 0.05) is 37.1 Å². The molecule has 0 atom stereocenters. The number of ether oxygens (including phenoxy) is 1. The Morgan fingerprint density at radius 3 is 2.08 bits per heavy atom. The van der Waals surface area contributed by atoms with Crippen LogP contribution in [-0.4, -0.2) is 47.5 Å². The molecule has 2 amide bonds. The zero-order chi connectivity index (χ0) is 37.2. The number of carbonyl (C=O) groups is 4. The number of nitrogens with zero attached hydrogens (tertiary/aromatic N) is 2. The van der Waals surface area contributed by atoms with Crippen LogP contribution in [0.1, 0.15) is 74.2 Å². The predicted octanol–water partition coefficient (Wildman–Crippen LogP) is 6.14. The molecule has 0 saturated carbocycles. The molecule has 0 bridgehead atoms. The fourth-order valence-corrected chi connectivity index (χ4v) is 6.89. The number of esters is 1. The second-order valence-corrected chi connectivity index (χ2v) is 14.3. The van der Waals surface area contributed by atoms with Crippen LogP contribution >= 0.6 is 0 Å². The molecule has 4 aromatic carbocycles. The summed E-state index contributed by atoms with van der Waals surface area (Å²) in [6.07, 6.45) is 4.49. The topological polar surface area (TPSA) is 151 Å². The van der Waals surface area contributed by atoms with Crippen molar-refractivity contribution in [3.8, 4) is 5.75 Å². The van der Waals surface area contributed by atoms with Crippen molar-refractivity contribution in [2.75, 3.05) is 5.75 Å². The molecule has 1 aliphatic heterocycles. The van der Waals surface area contributed by atoms with Crippen molar-refractivity contribution in [1.29, 1.82) is 0 Å². The third-order valence-electron chi connectivity index (χ3n) is 8.89. The fraction of sp³-hybridized carbons (Fsp3) is 0.225. The average Bonchev–Trinajstić information content (AvgIpc) is 3.42. The van der Waals surface area contributed by atoms with E-state index in [1.165, 1.54) is 12.1 Å². The molecule has 0 unspecified atom stereocenters. The number of carbonyl (C=O) groups excluding carboxylic acids is 4. The van der Waals surface area contributed by atoms with Crippen LogP contribution in [0.3, 0.4) is 0 Å². The molecule has 0 radical (unpaired) electrons. The summed E-state index contributed by atoms with van der Waals surface area (Å²) in [6.45, 7) is 5.75. The maximum atomic E-state index is 14.3. The monoisotopic (exact) mass is 720 g/mol. The summed E-state index contributed by atoms with van der Waals surface area (Å²) in [4.78, 5) is 56.1. The quantitative estimate of drug-likeness (QED) is 0.0229. The van der Waals surface area contributed by atoms with Crippen LogP contribution in [0.25, 0.3) is 34.0 Å². The highest BCUT2D eigenvalue weighted by atomic mass is 32.2. The smallest absolute Gasteiger partial charge is 0.363 e. The molecule has 0 aliphatic carbocycles. The van der Waals surface area contributed by atoms with Gasteiger partial charge in [0.2, 0.25) is 11.0 Å². The SMILES string of the molecule is Cc1ccc(/C=C/c2ccc3c(C(=O)Oc4c(C)cc(C(=O)ON5C(=O)CCC5=O)cc4C)c4ccccc4[n+](CCCCS(=O)(=O)[O-])c3c2)cc1. The number of aromatic nitrogens is 1. The van der Waals surface area contributed by atoms with E-state index >= 15 is 0 Å². The minimum absolute atomic E-state index is 0.0287. The van der Waals surface area contributed by atoms with Crippen LogP contribution < -0.4 is 9.30 Å². The Morgan fingerprint density at radius 2 is 1.40 bits per heavy atom. The number of pyridine rings is 1. The van der Waals surface area contributed by atoms with Crippen LogP contribution in [0.4, 0.5) is 0 Å². The molecule has 6 rings (SSSR count). The van der Waals surface area contributed by atoms with Crippen LogP contribution in [0.15, 0.2) is 78.9 Å². The van der Waals surface area contributed by atoms with Gasteiger partial charge in [-0.1, -0.05) is 60.2 Å². The van der Waals surface area contributed by atoms with E-state index in [4.69, 9.17) is 9.57 Å². The Balaban J connectivity index is 1.38. The summed E-state index contributed by atoms with van der Waals surface area (Å²) in [5.74, 6) is -2.94. The number of aryl methyl sites for hydroxylation is 4. The number of rotatable bonds is 11. The van der Waals surface area contributed by atoms with Gasteiger partial charge in [0.15, 0.2) is 0 Å². The third kappa shape index (κ3) is 7.93. The first kappa shape index (κ1) is 36.1. The highest BCUT2D eigenvalue weighted by Crippen LogP contribution is 2.31. The molecule has 1 saturated heterocycles. The zero-order valence-corrected chi connectivity index (χ0v) is 29.7. The zero-order valence-electron chi connectivity index (χ0n) is 28.9. The molecule has 0 spiro atoms. The second kappa shape index (κ2) is 14.9. The minimum Gasteiger partial charge on any atom is -0.748 e. The van der Waals surface area contributed by atoms with Crippen LogP contribution in [0.2, 0.25) is 0 Å².